The second-order valence-corrected chi connectivity index (χ2v) is 9.70. The third kappa shape index (κ3) is 6.61. The number of alkyl halides is 3. The minimum Gasteiger partial charge on any atom is -0.404 e. The molecule has 1 aromatic heterocycles. The Morgan fingerprint density at radius 1 is 1.14 bits per heavy atom. The predicted molar refractivity (Wildman–Crippen MR) is 128 cm³/mol. The Labute approximate surface area is 208 Å². The molecule has 0 atom stereocenters. The number of hydrogen-bond donors (Lipinski definition) is 2. The Hall–Kier alpha value is -3.56. The van der Waals surface area contributed by atoms with E-state index in [1.165, 1.54) is 12.1 Å². The molecule has 2 heterocycles. The second kappa shape index (κ2) is 10.1. The van der Waals surface area contributed by atoms with Crippen molar-refractivity contribution in [2.45, 2.75) is 6.36 Å². The van der Waals surface area contributed by atoms with Crippen LogP contribution in [0.4, 0.5) is 39.3 Å². The van der Waals surface area contributed by atoms with E-state index in [0.29, 0.717) is 24.2 Å². The number of fused-ring (bicyclic) bond motifs is 1. The Kier molecular flexibility index (Phi) is 7.21. The van der Waals surface area contributed by atoms with Gasteiger partial charge in [0.2, 0.25) is 16.0 Å². The van der Waals surface area contributed by atoms with Crippen LogP contribution >= 0.6 is 0 Å². The van der Waals surface area contributed by atoms with Crippen LogP contribution in [0.15, 0.2) is 35.9 Å². The summed E-state index contributed by atoms with van der Waals surface area (Å²) >= 11 is 0. The molecule has 2 aromatic carbocycles. The van der Waals surface area contributed by atoms with E-state index in [-0.39, 0.29) is 17.0 Å². The van der Waals surface area contributed by atoms with Gasteiger partial charge in [0.15, 0.2) is 11.6 Å². The lowest BCUT2D eigenvalue weighted by Gasteiger charge is -2.34. The summed E-state index contributed by atoms with van der Waals surface area (Å²) in [5.74, 6) is -2.96. The van der Waals surface area contributed by atoms with Crippen LogP contribution in [0.25, 0.3) is 17.0 Å². The van der Waals surface area contributed by atoms with Gasteiger partial charge in [0.25, 0.3) is 0 Å². The number of nitrogens with one attached hydrogen (secondary N) is 1. The monoisotopic (exact) mass is 544 g/mol. The van der Waals surface area contributed by atoms with Crippen molar-refractivity contribution in [1.82, 2.24) is 14.9 Å². The van der Waals surface area contributed by atoms with Gasteiger partial charge in [-0.15, -0.1) is 13.2 Å². The third-order valence-corrected chi connectivity index (χ3v) is 6.05. The van der Waals surface area contributed by atoms with Gasteiger partial charge >= 0.3 is 6.36 Å². The van der Waals surface area contributed by atoms with Crippen LogP contribution in [-0.4, -0.2) is 62.9 Å². The molecule has 0 unspecified atom stereocenters. The highest BCUT2D eigenvalue weighted by molar-refractivity contribution is 7.92. The maximum Gasteiger partial charge on any atom is 0.573 e. The number of rotatable bonds is 6. The lowest BCUT2D eigenvalue weighted by molar-refractivity contribution is -0.274. The molecule has 3 N–H and O–H groups in total. The molecule has 1 aliphatic heterocycles. The maximum atomic E-state index is 15.0. The predicted octanol–water partition coefficient (Wildman–Crippen LogP) is 3.56. The van der Waals surface area contributed by atoms with E-state index in [0.717, 1.165) is 37.5 Å². The molecule has 0 spiro atoms. The Bertz CT molecular complexity index is 1460. The summed E-state index contributed by atoms with van der Waals surface area (Å²) in [5.41, 5.74) is -0.528. The molecule has 1 fully saturated rings. The number of piperazine rings is 1. The molecule has 3 aromatic rings. The van der Waals surface area contributed by atoms with Gasteiger partial charge in [0.1, 0.15) is 11.3 Å². The summed E-state index contributed by atoms with van der Waals surface area (Å²) in [5, 5.41) is 7.61. The van der Waals surface area contributed by atoms with E-state index in [2.05, 4.69) is 24.9 Å². The fourth-order valence-electron chi connectivity index (χ4n) is 3.70. The first-order valence-electron chi connectivity index (χ1n) is 10.7. The zero-order valence-corrected chi connectivity index (χ0v) is 20.1. The zero-order valence-electron chi connectivity index (χ0n) is 19.3. The molecule has 0 amide bonds. The van der Waals surface area contributed by atoms with Gasteiger partial charge in [0.05, 0.1) is 11.1 Å². The van der Waals surface area contributed by atoms with Gasteiger partial charge in [-0.05, 0) is 37.4 Å². The van der Waals surface area contributed by atoms with Gasteiger partial charge in [-0.1, -0.05) is 0 Å². The fourth-order valence-corrected chi connectivity index (χ4v) is 4.04. The van der Waals surface area contributed by atoms with E-state index in [9.17, 15) is 26.0 Å². The van der Waals surface area contributed by atoms with Crippen LogP contribution in [0.1, 0.15) is 5.56 Å². The summed E-state index contributed by atoms with van der Waals surface area (Å²) < 4.78 is 95.0. The number of benzene rings is 2. The second-order valence-electron chi connectivity index (χ2n) is 8.25. The summed E-state index contributed by atoms with van der Waals surface area (Å²) in [6.45, 7) is 2.79. The molecule has 0 radical (unpaired) electrons. The number of likely N-dealkylation sites (N-methyl/N-ethyl adjacent to an activating group) is 1. The molecule has 0 aliphatic carbocycles. The van der Waals surface area contributed by atoms with Crippen LogP contribution in [-0.2, 0) is 10.0 Å². The van der Waals surface area contributed by atoms with Crippen LogP contribution in [0.5, 0.6) is 5.75 Å². The number of ether oxygens (including phenoxy) is 1. The number of hydrogen-bond acceptors (Lipinski definition) is 8. The van der Waals surface area contributed by atoms with Crippen molar-refractivity contribution < 1.29 is 35.1 Å². The van der Waals surface area contributed by atoms with E-state index in [1.807, 2.05) is 11.9 Å². The van der Waals surface area contributed by atoms with Gasteiger partial charge in [-0.3, -0.25) is 0 Å². The van der Waals surface area contributed by atoms with Crippen molar-refractivity contribution >= 4 is 44.3 Å². The van der Waals surface area contributed by atoms with Gasteiger partial charge in [-0.25, -0.2) is 32.3 Å². The summed E-state index contributed by atoms with van der Waals surface area (Å²) in [6.07, 6.45) is -3.28. The normalized spacial score (nSPS) is 15.5. The quantitative estimate of drug-likeness (QED) is 0.453. The number of sulfonamides is 1. The van der Waals surface area contributed by atoms with E-state index in [4.69, 9.17) is 5.14 Å². The lowest BCUT2D eigenvalue weighted by Crippen LogP contribution is -2.44. The number of nitrogens with zero attached hydrogens (tertiary/aromatic N) is 4. The molecular weight excluding hydrogens is 523 g/mol. The van der Waals surface area contributed by atoms with Crippen molar-refractivity contribution in [1.29, 1.82) is 0 Å². The average molecular weight is 545 g/mol. The number of nitrogens with two attached hydrogens (primary N) is 1. The molecule has 4 rings (SSSR count). The zero-order chi connectivity index (χ0) is 27.0. The Morgan fingerprint density at radius 3 is 2.49 bits per heavy atom. The van der Waals surface area contributed by atoms with E-state index in [1.54, 1.807) is 0 Å². The highest BCUT2D eigenvalue weighted by atomic mass is 32.2. The summed E-state index contributed by atoms with van der Waals surface area (Å²) in [7, 11) is -2.16. The van der Waals surface area contributed by atoms with Crippen molar-refractivity contribution in [3.05, 3.63) is 53.1 Å². The minimum absolute atomic E-state index is 0.153. The topological polar surface area (TPSA) is 114 Å². The van der Waals surface area contributed by atoms with Crippen molar-refractivity contribution in [3.63, 3.8) is 0 Å². The van der Waals surface area contributed by atoms with Crippen molar-refractivity contribution in [2.75, 3.05) is 43.4 Å². The molecule has 15 heteroatoms. The molecule has 198 valence electrons. The average Bonchev–Trinajstić information content (AvgIpc) is 2.81. The maximum absolute atomic E-state index is 15.0. The fraction of sp³-hybridized carbons (Fsp3) is 0.273. The number of primary sulfonamides is 1. The SMILES string of the molecule is CN1CCN(c2ccc(OC(F)(F)F)c(Nc3ncc4c(F)cc(/C=C/S(N)(=O)=O)c(F)c4n3)c2)CC1. The molecule has 9 nitrogen and oxygen atoms in total. The highest BCUT2D eigenvalue weighted by Gasteiger charge is 2.32. The molecule has 0 bridgehead atoms. The lowest BCUT2D eigenvalue weighted by atomic mass is 10.1. The first kappa shape index (κ1) is 26.5. The molecule has 1 aliphatic rings. The first-order valence-corrected chi connectivity index (χ1v) is 12.4. The molecular formula is C22H21F5N6O3S. The third-order valence-electron chi connectivity index (χ3n) is 5.53. The van der Waals surface area contributed by atoms with E-state index >= 15 is 4.39 Å². The minimum atomic E-state index is -4.99. The Balaban J connectivity index is 1.73. The largest absolute Gasteiger partial charge is 0.573 e. The molecule has 1 saturated heterocycles. The van der Waals surface area contributed by atoms with Crippen LogP contribution in [0.2, 0.25) is 0 Å². The highest BCUT2D eigenvalue weighted by Crippen LogP contribution is 2.36. The van der Waals surface area contributed by atoms with Gasteiger partial charge in [0, 0.05) is 49.0 Å². The molecule has 37 heavy (non-hydrogen) atoms. The van der Waals surface area contributed by atoms with Crippen molar-refractivity contribution in [3.8, 4) is 5.75 Å². The number of halogens is 5. The number of aromatic nitrogens is 2. The van der Waals surface area contributed by atoms with Gasteiger partial charge in [-0.2, -0.15) is 0 Å². The standard InChI is InChI=1S/C22H21F5N6O3S/c1-32-5-7-33(8-6-32)14-2-3-18(36-22(25,26)27)17(11-14)30-21-29-12-15-16(23)10-13(4-9-37(28,34)35)19(24)20(15)31-21/h2-4,9-12H,5-8H2,1H3,(H2,28,34,35)(H,29,30,31)/b9-4+. The van der Waals surface area contributed by atoms with E-state index < -0.39 is 44.8 Å². The van der Waals surface area contributed by atoms with Crippen molar-refractivity contribution in [2.24, 2.45) is 5.14 Å². The Morgan fingerprint density at radius 2 is 1.84 bits per heavy atom. The summed E-state index contributed by atoms with van der Waals surface area (Å²) in [4.78, 5) is 11.9. The van der Waals surface area contributed by atoms with Crippen LogP contribution in [0.3, 0.4) is 0 Å². The van der Waals surface area contributed by atoms with Crippen LogP contribution in [0, 0.1) is 11.6 Å². The van der Waals surface area contributed by atoms with Crippen LogP contribution < -0.4 is 20.1 Å². The molecule has 0 saturated carbocycles. The summed E-state index contributed by atoms with van der Waals surface area (Å²) in [6, 6.07) is 4.78. The van der Waals surface area contributed by atoms with Gasteiger partial charge < -0.3 is 19.9 Å². The first-order chi connectivity index (χ1) is 17.3. The smallest absolute Gasteiger partial charge is 0.404 e. The number of anilines is 3.